The molecular formula is C25H26N2O5S. The Morgan fingerprint density at radius 2 is 1.55 bits per heavy atom. The largest absolute Gasteiger partial charge is 0.506 e. The summed E-state index contributed by atoms with van der Waals surface area (Å²) in [7, 11) is -3.74. The lowest BCUT2D eigenvalue weighted by Crippen LogP contribution is -2.30. The normalized spacial score (nSPS) is 12.9. The molecule has 3 aromatic rings. The number of phenols is 1. The molecule has 0 aliphatic heterocycles. The highest BCUT2D eigenvalue weighted by Gasteiger charge is 2.29. The molecule has 1 aliphatic rings. The van der Waals surface area contributed by atoms with E-state index in [9.17, 15) is 18.3 Å². The second-order valence-corrected chi connectivity index (χ2v) is 9.66. The van der Waals surface area contributed by atoms with E-state index in [-0.39, 0.29) is 28.9 Å². The summed E-state index contributed by atoms with van der Waals surface area (Å²) in [4.78, 5) is 12.5. The van der Waals surface area contributed by atoms with Crippen molar-refractivity contribution in [3.63, 3.8) is 0 Å². The fourth-order valence-corrected chi connectivity index (χ4v) is 5.72. The Hall–Kier alpha value is -3.36. The highest BCUT2D eigenvalue weighted by atomic mass is 32.2. The topological polar surface area (TPSA) is 95.9 Å². The van der Waals surface area contributed by atoms with Gasteiger partial charge in [-0.15, -0.1) is 0 Å². The first-order valence-corrected chi connectivity index (χ1v) is 12.3. The molecule has 0 fully saturated rings. The van der Waals surface area contributed by atoms with Crippen molar-refractivity contribution in [1.82, 2.24) is 4.31 Å². The molecule has 0 aromatic heterocycles. The van der Waals surface area contributed by atoms with E-state index in [1.807, 2.05) is 48.5 Å². The van der Waals surface area contributed by atoms with Crippen LogP contribution < -0.4 is 5.32 Å². The Bertz CT molecular complexity index is 1240. The second kappa shape index (κ2) is 9.25. The van der Waals surface area contributed by atoms with Crippen LogP contribution in [0, 0.1) is 0 Å². The highest BCUT2D eigenvalue weighted by Crippen LogP contribution is 2.44. The Morgan fingerprint density at radius 3 is 2.12 bits per heavy atom. The molecule has 1 aliphatic carbocycles. The summed E-state index contributed by atoms with van der Waals surface area (Å²) in [6, 6.07) is 19.8. The van der Waals surface area contributed by atoms with Gasteiger partial charge in [-0.1, -0.05) is 62.4 Å². The highest BCUT2D eigenvalue weighted by molar-refractivity contribution is 7.89. The maximum absolute atomic E-state index is 12.8. The van der Waals surface area contributed by atoms with Gasteiger partial charge in [-0.25, -0.2) is 13.2 Å². The zero-order valence-electron chi connectivity index (χ0n) is 18.5. The molecule has 0 heterocycles. The number of ether oxygens (including phenoxy) is 1. The standard InChI is InChI=1S/C25H26N2O5S/c1-3-27(4-2)33(30,31)17-13-14-24(28)23(15-17)26-25(29)32-16-22-20-11-7-5-9-18(20)19-10-6-8-12-21(19)22/h5-15,22,28H,3-4,16H2,1-2H3,(H,26,29). The average Bonchev–Trinajstić information content (AvgIpc) is 3.13. The summed E-state index contributed by atoms with van der Waals surface area (Å²) >= 11 is 0. The van der Waals surface area contributed by atoms with E-state index in [4.69, 9.17) is 4.74 Å². The van der Waals surface area contributed by atoms with E-state index in [1.54, 1.807) is 13.8 Å². The van der Waals surface area contributed by atoms with Gasteiger partial charge in [0.1, 0.15) is 12.4 Å². The number of hydrogen-bond donors (Lipinski definition) is 2. The molecular weight excluding hydrogens is 440 g/mol. The average molecular weight is 467 g/mol. The summed E-state index contributed by atoms with van der Waals surface area (Å²) < 4.78 is 32.3. The van der Waals surface area contributed by atoms with Gasteiger partial charge < -0.3 is 9.84 Å². The van der Waals surface area contributed by atoms with Crippen LogP contribution in [-0.2, 0) is 14.8 Å². The molecule has 0 saturated carbocycles. The Labute approximate surface area is 193 Å². The summed E-state index contributed by atoms with van der Waals surface area (Å²) in [5.41, 5.74) is 4.38. The lowest BCUT2D eigenvalue weighted by atomic mass is 9.98. The second-order valence-electron chi connectivity index (χ2n) is 7.72. The number of aromatic hydroxyl groups is 1. The predicted molar refractivity (Wildman–Crippen MR) is 127 cm³/mol. The number of nitrogens with one attached hydrogen (secondary N) is 1. The van der Waals surface area contributed by atoms with Crippen molar-refractivity contribution in [1.29, 1.82) is 0 Å². The number of fused-ring (bicyclic) bond motifs is 3. The van der Waals surface area contributed by atoms with Gasteiger partial charge in [0, 0.05) is 19.0 Å². The third-order valence-electron chi connectivity index (χ3n) is 5.89. The predicted octanol–water partition coefficient (Wildman–Crippen LogP) is 4.78. The molecule has 4 rings (SSSR count). The number of phenolic OH excluding ortho intramolecular Hbond substituents is 1. The van der Waals surface area contributed by atoms with Gasteiger partial charge in [0.25, 0.3) is 0 Å². The number of rotatable bonds is 7. The summed E-state index contributed by atoms with van der Waals surface area (Å²) in [6.45, 7) is 4.23. The number of carbonyl (C=O) groups is 1. The van der Waals surface area contributed by atoms with Crippen LogP contribution in [0.15, 0.2) is 71.6 Å². The molecule has 8 heteroatoms. The summed E-state index contributed by atoms with van der Waals surface area (Å²) in [6.07, 6.45) is -0.774. The van der Waals surface area contributed by atoms with Crippen molar-refractivity contribution >= 4 is 21.8 Å². The van der Waals surface area contributed by atoms with Gasteiger partial charge in [-0.2, -0.15) is 4.31 Å². The number of sulfonamides is 1. The number of amides is 1. The van der Waals surface area contributed by atoms with E-state index in [0.29, 0.717) is 13.1 Å². The van der Waals surface area contributed by atoms with Crippen LogP contribution in [0.25, 0.3) is 11.1 Å². The zero-order chi connectivity index (χ0) is 23.6. The van der Waals surface area contributed by atoms with Crippen molar-refractivity contribution in [2.24, 2.45) is 0 Å². The number of hydrogen-bond acceptors (Lipinski definition) is 5. The van der Waals surface area contributed by atoms with Crippen molar-refractivity contribution in [3.05, 3.63) is 77.9 Å². The SMILES string of the molecule is CCN(CC)S(=O)(=O)c1ccc(O)c(NC(=O)OCC2c3ccccc3-c3ccccc32)c1. The van der Waals surface area contributed by atoms with Crippen LogP contribution in [0.1, 0.15) is 30.9 Å². The molecule has 172 valence electrons. The number of anilines is 1. The van der Waals surface area contributed by atoms with Crippen LogP contribution in [-0.4, -0.2) is 43.6 Å². The van der Waals surface area contributed by atoms with Gasteiger partial charge in [-0.3, -0.25) is 5.32 Å². The summed E-state index contributed by atoms with van der Waals surface area (Å²) in [5.74, 6) is -0.354. The van der Waals surface area contributed by atoms with Gasteiger partial charge in [0.15, 0.2) is 0 Å². The molecule has 0 bridgehead atoms. The quantitative estimate of drug-likeness (QED) is 0.489. The van der Waals surface area contributed by atoms with E-state index in [2.05, 4.69) is 5.32 Å². The maximum atomic E-state index is 12.8. The monoisotopic (exact) mass is 466 g/mol. The lowest BCUT2D eigenvalue weighted by molar-refractivity contribution is 0.158. The lowest BCUT2D eigenvalue weighted by Gasteiger charge is -2.19. The molecule has 2 N–H and O–H groups in total. The van der Waals surface area contributed by atoms with Gasteiger partial charge >= 0.3 is 6.09 Å². The first kappa shape index (κ1) is 22.8. The minimum atomic E-state index is -3.74. The molecule has 0 radical (unpaired) electrons. The van der Waals surface area contributed by atoms with Crippen molar-refractivity contribution in [3.8, 4) is 16.9 Å². The molecule has 0 atom stereocenters. The smallest absolute Gasteiger partial charge is 0.411 e. The van der Waals surface area contributed by atoms with Crippen molar-refractivity contribution < 1.29 is 23.1 Å². The molecule has 7 nitrogen and oxygen atoms in total. The molecule has 0 saturated heterocycles. The molecule has 1 amide bonds. The van der Waals surface area contributed by atoms with E-state index in [0.717, 1.165) is 22.3 Å². The minimum absolute atomic E-state index is 0.0158. The number of carbonyl (C=O) groups excluding carboxylic acids is 1. The van der Waals surface area contributed by atoms with E-state index >= 15 is 0 Å². The zero-order valence-corrected chi connectivity index (χ0v) is 19.3. The molecule has 0 spiro atoms. The van der Waals surface area contributed by atoms with Crippen LogP contribution in [0.4, 0.5) is 10.5 Å². The fourth-order valence-electron chi connectivity index (χ4n) is 4.23. The van der Waals surface area contributed by atoms with Crippen LogP contribution in [0.2, 0.25) is 0 Å². The Balaban J connectivity index is 1.50. The molecule has 3 aromatic carbocycles. The minimum Gasteiger partial charge on any atom is -0.506 e. The van der Waals surface area contributed by atoms with Crippen LogP contribution in [0.5, 0.6) is 5.75 Å². The van der Waals surface area contributed by atoms with Crippen molar-refractivity contribution in [2.75, 3.05) is 25.0 Å². The van der Waals surface area contributed by atoms with E-state index < -0.39 is 16.1 Å². The number of nitrogens with zero attached hydrogens (tertiary/aromatic N) is 1. The first-order valence-electron chi connectivity index (χ1n) is 10.8. The summed E-state index contributed by atoms with van der Waals surface area (Å²) in [5, 5.41) is 12.6. The van der Waals surface area contributed by atoms with Gasteiger partial charge in [-0.05, 0) is 40.5 Å². The maximum Gasteiger partial charge on any atom is 0.411 e. The first-order chi connectivity index (χ1) is 15.9. The third kappa shape index (κ3) is 4.31. The Kier molecular flexibility index (Phi) is 6.40. The fraction of sp³-hybridized carbons (Fsp3) is 0.240. The molecule has 0 unspecified atom stereocenters. The van der Waals surface area contributed by atoms with E-state index in [1.165, 1.54) is 22.5 Å². The third-order valence-corrected chi connectivity index (χ3v) is 7.94. The van der Waals surface area contributed by atoms with Gasteiger partial charge in [0.2, 0.25) is 10.0 Å². The van der Waals surface area contributed by atoms with Crippen LogP contribution >= 0.6 is 0 Å². The van der Waals surface area contributed by atoms with Crippen LogP contribution in [0.3, 0.4) is 0 Å². The Morgan fingerprint density at radius 1 is 0.970 bits per heavy atom. The van der Waals surface area contributed by atoms with Crippen molar-refractivity contribution in [2.45, 2.75) is 24.7 Å². The number of benzene rings is 3. The van der Waals surface area contributed by atoms with Gasteiger partial charge in [0.05, 0.1) is 10.6 Å². The molecule has 33 heavy (non-hydrogen) atoms.